The predicted octanol–water partition coefficient (Wildman–Crippen LogP) is 4.82. The largest absolute Gasteiger partial charge is 0.120 e. The summed E-state index contributed by atoms with van der Waals surface area (Å²) in [5.41, 5.74) is 2.28. The van der Waals surface area contributed by atoms with Gasteiger partial charge in [-0.15, -0.1) is 11.8 Å². The molecule has 1 aliphatic rings. The Hall–Kier alpha value is -1.39. The van der Waals surface area contributed by atoms with Crippen molar-refractivity contribution in [2.24, 2.45) is 0 Å². The molecule has 2 rings (SSSR count). The van der Waals surface area contributed by atoms with E-state index in [0.717, 1.165) is 12.0 Å². The maximum atomic E-state index is 3.21. The van der Waals surface area contributed by atoms with Crippen LogP contribution in [0.5, 0.6) is 0 Å². The zero-order valence-corrected chi connectivity index (χ0v) is 12.0. The molecule has 1 aromatic rings. The number of benzene rings is 1. The molecule has 0 heterocycles. The standard InChI is InChI=1S/C17H18S/c1-17(2,3)18-16-12-10-15(11-13-16)9-8-14-6-4-5-7-14/h4-6,10-13H,7H2,1-3H3. The van der Waals surface area contributed by atoms with Crippen LogP contribution < -0.4 is 0 Å². The van der Waals surface area contributed by atoms with Crippen LogP contribution in [0.1, 0.15) is 32.8 Å². The lowest BCUT2D eigenvalue weighted by Gasteiger charge is -2.17. The van der Waals surface area contributed by atoms with E-state index in [9.17, 15) is 0 Å². The molecule has 1 aromatic carbocycles. The van der Waals surface area contributed by atoms with E-state index in [4.69, 9.17) is 0 Å². The van der Waals surface area contributed by atoms with E-state index in [1.807, 2.05) is 11.8 Å². The lowest BCUT2D eigenvalue weighted by Crippen LogP contribution is -2.06. The second-order valence-corrected chi connectivity index (χ2v) is 7.21. The van der Waals surface area contributed by atoms with Crippen molar-refractivity contribution in [3.8, 4) is 11.8 Å². The highest BCUT2D eigenvalue weighted by Crippen LogP contribution is 2.31. The van der Waals surface area contributed by atoms with E-state index in [2.05, 4.69) is 75.1 Å². The fourth-order valence-electron chi connectivity index (χ4n) is 1.65. The first kappa shape index (κ1) is 13.1. The van der Waals surface area contributed by atoms with Gasteiger partial charge in [0.1, 0.15) is 0 Å². The number of hydrogen-bond acceptors (Lipinski definition) is 1. The summed E-state index contributed by atoms with van der Waals surface area (Å²) in [6, 6.07) is 8.51. The summed E-state index contributed by atoms with van der Waals surface area (Å²) in [5, 5.41) is 0. The van der Waals surface area contributed by atoms with Crippen LogP contribution in [-0.2, 0) is 0 Å². The van der Waals surface area contributed by atoms with Crippen molar-refractivity contribution in [3.63, 3.8) is 0 Å². The lowest BCUT2D eigenvalue weighted by molar-refractivity contribution is 0.803. The first-order chi connectivity index (χ1) is 8.53. The molecule has 0 saturated heterocycles. The number of thioether (sulfide) groups is 1. The maximum absolute atomic E-state index is 3.21. The first-order valence-corrected chi connectivity index (χ1v) is 7.01. The third kappa shape index (κ3) is 4.13. The summed E-state index contributed by atoms with van der Waals surface area (Å²) in [7, 11) is 0. The lowest BCUT2D eigenvalue weighted by atomic mass is 10.2. The smallest absolute Gasteiger partial charge is 0.0249 e. The SMILES string of the molecule is CC(C)(C)Sc1ccc(C#CC2=CC=CC2)cc1. The van der Waals surface area contributed by atoms with Crippen molar-refractivity contribution in [1.29, 1.82) is 0 Å². The van der Waals surface area contributed by atoms with E-state index in [-0.39, 0.29) is 4.75 Å². The van der Waals surface area contributed by atoms with Crippen molar-refractivity contribution in [2.75, 3.05) is 0 Å². The van der Waals surface area contributed by atoms with Crippen LogP contribution in [0.2, 0.25) is 0 Å². The summed E-state index contributed by atoms with van der Waals surface area (Å²) in [6.45, 7) is 6.68. The average Bonchev–Trinajstić information content (AvgIpc) is 2.79. The molecule has 1 heteroatoms. The molecule has 0 N–H and O–H groups in total. The number of hydrogen-bond donors (Lipinski definition) is 0. The molecule has 0 fully saturated rings. The third-order valence-corrected chi connectivity index (χ3v) is 3.54. The summed E-state index contributed by atoms with van der Waals surface area (Å²) in [5.74, 6) is 6.42. The van der Waals surface area contributed by atoms with Gasteiger partial charge in [-0.25, -0.2) is 0 Å². The Morgan fingerprint density at radius 2 is 1.78 bits per heavy atom. The number of allylic oxidation sites excluding steroid dienone is 4. The second-order valence-electron chi connectivity index (χ2n) is 5.31. The minimum atomic E-state index is 0.257. The van der Waals surface area contributed by atoms with Gasteiger partial charge in [0.25, 0.3) is 0 Å². The number of rotatable bonds is 1. The van der Waals surface area contributed by atoms with Crippen LogP contribution in [0.3, 0.4) is 0 Å². The minimum Gasteiger partial charge on any atom is -0.120 e. The molecular formula is C17H18S. The van der Waals surface area contributed by atoms with E-state index in [1.54, 1.807) is 0 Å². The Bertz CT molecular complexity index is 528. The Morgan fingerprint density at radius 1 is 1.06 bits per heavy atom. The zero-order valence-electron chi connectivity index (χ0n) is 11.2. The molecule has 0 atom stereocenters. The molecule has 92 valence electrons. The van der Waals surface area contributed by atoms with Crippen LogP contribution >= 0.6 is 11.8 Å². The van der Waals surface area contributed by atoms with Gasteiger partial charge in [-0.05, 0) is 30.7 Å². The fourth-order valence-corrected chi connectivity index (χ4v) is 2.63. The van der Waals surface area contributed by atoms with Crippen molar-refractivity contribution < 1.29 is 0 Å². The first-order valence-electron chi connectivity index (χ1n) is 6.20. The van der Waals surface area contributed by atoms with Crippen molar-refractivity contribution in [2.45, 2.75) is 36.8 Å². The fraction of sp³-hybridized carbons (Fsp3) is 0.294. The third-order valence-electron chi connectivity index (χ3n) is 2.42. The van der Waals surface area contributed by atoms with Crippen LogP contribution in [-0.4, -0.2) is 4.75 Å². The van der Waals surface area contributed by atoms with Gasteiger partial charge in [-0.1, -0.05) is 50.8 Å². The Labute approximate surface area is 114 Å². The van der Waals surface area contributed by atoms with Gasteiger partial charge in [-0.2, -0.15) is 0 Å². The summed E-state index contributed by atoms with van der Waals surface area (Å²) < 4.78 is 0.257. The highest BCUT2D eigenvalue weighted by Gasteiger charge is 2.11. The topological polar surface area (TPSA) is 0 Å². The average molecular weight is 254 g/mol. The Kier molecular flexibility index (Phi) is 3.99. The predicted molar refractivity (Wildman–Crippen MR) is 80.8 cm³/mol. The van der Waals surface area contributed by atoms with Crippen molar-refractivity contribution >= 4 is 11.8 Å². The van der Waals surface area contributed by atoms with Crippen LogP contribution in [0, 0.1) is 11.8 Å². The molecule has 0 saturated carbocycles. The van der Waals surface area contributed by atoms with Gasteiger partial charge < -0.3 is 0 Å². The molecule has 0 amide bonds. The van der Waals surface area contributed by atoms with Crippen molar-refractivity contribution in [1.82, 2.24) is 0 Å². The van der Waals surface area contributed by atoms with Gasteiger partial charge in [0.15, 0.2) is 0 Å². The van der Waals surface area contributed by atoms with Crippen molar-refractivity contribution in [3.05, 3.63) is 53.6 Å². The molecule has 0 nitrogen and oxygen atoms in total. The molecule has 0 aliphatic heterocycles. The molecule has 0 spiro atoms. The highest BCUT2D eigenvalue weighted by molar-refractivity contribution is 8.00. The molecule has 0 radical (unpaired) electrons. The van der Waals surface area contributed by atoms with E-state index < -0.39 is 0 Å². The zero-order chi connectivity index (χ0) is 13.0. The maximum Gasteiger partial charge on any atom is 0.0249 e. The monoisotopic (exact) mass is 254 g/mol. The second kappa shape index (κ2) is 5.50. The Morgan fingerprint density at radius 3 is 2.33 bits per heavy atom. The summed E-state index contributed by atoms with van der Waals surface area (Å²) in [6.07, 6.45) is 7.25. The molecule has 0 bridgehead atoms. The van der Waals surface area contributed by atoms with Gasteiger partial charge in [0.05, 0.1) is 0 Å². The van der Waals surface area contributed by atoms with Crippen LogP contribution in [0.25, 0.3) is 0 Å². The molecular weight excluding hydrogens is 236 g/mol. The van der Waals surface area contributed by atoms with E-state index >= 15 is 0 Å². The van der Waals surface area contributed by atoms with E-state index in [0.29, 0.717) is 0 Å². The summed E-state index contributed by atoms with van der Waals surface area (Å²) in [4.78, 5) is 1.30. The Balaban J connectivity index is 2.04. The minimum absolute atomic E-state index is 0.257. The highest BCUT2D eigenvalue weighted by atomic mass is 32.2. The van der Waals surface area contributed by atoms with Crippen LogP contribution in [0.15, 0.2) is 53.0 Å². The normalized spacial score (nSPS) is 14.1. The van der Waals surface area contributed by atoms with Crippen LogP contribution in [0.4, 0.5) is 0 Å². The van der Waals surface area contributed by atoms with Gasteiger partial charge in [-0.3, -0.25) is 0 Å². The molecule has 18 heavy (non-hydrogen) atoms. The quantitative estimate of drug-likeness (QED) is 0.511. The van der Waals surface area contributed by atoms with E-state index in [1.165, 1.54) is 10.5 Å². The molecule has 1 aliphatic carbocycles. The molecule has 0 unspecified atom stereocenters. The molecule has 0 aromatic heterocycles. The summed E-state index contributed by atoms with van der Waals surface area (Å²) >= 11 is 1.88. The van der Waals surface area contributed by atoms with Gasteiger partial charge >= 0.3 is 0 Å². The van der Waals surface area contributed by atoms with Gasteiger partial charge in [0.2, 0.25) is 0 Å². The van der Waals surface area contributed by atoms with Gasteiger partial charge in [0, 0.05) is 20.8 Å².